The Kier molecular flexibility index (Phi) is 4.72. The fourth-order valence-electron chi connectivity index (χ4n) is 1.65. The number of halogens is 2. The van der Waals surface area contributed by atoms with Crippen molar-refractivity contribution in [1.29, 1.82) is 0 Å². The second-order valence-electron chi connectivity index (χ2n) is 3.90. The van der Waals surface area contributed by atoms with Crippen molar-refractivity contribution in [2.45, 2.75) is 6.61 Å². The summed E-state index contributed by atoms with van der Waals surface area (Å²) in [7, 11) is -1.59. The molecule has 3 nitrogen and oxygen atoms in total. The maximum atomic E-state index is 9.23. The molecular formula is C13H11BCl2O3. The average molecular weight is 297 g/mol. The number of rotatable bonds is 4. The molecule has 0 bridgehead atoms. The minimum Gasteiger partial charge on any atom is -0.489 e. The molecule has 0 heterocycles. The molecule has 0 radical (unpaired) electrons. The third-order valence-electron chi connectivity index (χ3n) is 2.63. The Labute approximate surface area is 121 Å². The van der Waals surface area contributed by atoms with Crippen LogP contribution in [0.2, 0.25) is 10.0 Å². The van der Waals surface area contributed by atoms with Crippen LogP contribution in [0.25, 0.3) is 0 Å². The van der Waals surface area contributed by atoms with Crippen molar-refractivity contribution < 1.29 is 14.8 Å². The van der Waals surface area contributed by atoms with Gasteiger partial charge in [-0.15, -0.1) is 0 Å². The van der Waals surface area contributed by atoms with E-state index in [0.717, 1.165) is 0 Å². The van der Waals surface area contributed by atoms with E-state index in [2.05, 4.69) is 0 Å². The van der Waals surface area contributed by atoms with Crippen molar-refractivity contribution in [3.05, 3.63) is 58.1 Å². The number of hydrogen-bond donors (Lipinski definition) is 2. The zero-order valence-corrected chi connectivity index (χ0v) is 11.4. The van der Waals surface area contributed by atoms with E-state index < -0.39 is 7.12 Å². The number of para-hydroxylation sites is 1. The van der Waals surface area contributed by atoms with Gasteiger partial charge in [0.15, 0.2) is 0 Å². The summed E-state index contributed by atoms with van der Waals surface area (Å²) >= 11 is 12.1. The summed E-state index contributed by atoms with van der Waals surface area (Å²) in [5.41, 5.74) is 0.957. The lowest BCUT2D eigenvalue weighted by Gasteiger charge is -2.12. The molecule has 19 heavy (non-hydrogen) atoms. The highest BCUT2D eigenvalue weighted by Gasteiger charge is 2.17. The van der Waals surface area contributed by atoms with E-state index in [-0.39, 0.29) is 6.61 Å². The van der Waals surface area contributed by atoms with Gasteiger partial charge in [0.25, 0.3) is 0 Å². The third-order valence-corrected chi connectivity index (χ3v) is 3.34. The van der Waals surface area contributed by atoms with Crippen LogP contribution in [0.15, 0.2) is 42.5 Å². The molecular weight excluding hydrogens is 286 g/mol. The fourth-order valence-corrected chi connectivity index (χ4v) is 2.15. The van der Waals surface area contributed by atoms with Crippen molar-refractivity contribution in [1.82, 2.24) is 0 Å². The van der Waals surface area contributed by atoms with E-state index in [1.165, 1.54) is 0 Å². The zero-order valence-electron chi connectivity index (χ0n) is 9.88. The normalized spacial score (nSPS) is 10.3. The lowest BCUT2D eigenvalue weighted by molar-refractivity contribution is 0.307. The highest BCUT2D eigenvalue weighted by Crippen LogP contribution is 2.25. The van der Waals surface area contributed by atoms with Crippen LogP contribution in [0.1, 0.15) is 5.56 Å². The van der Waals surface area contributed by atoms with Crippen molar-refractivity contribution in [2.75, 3.05) is 0 Å². The van der Waals surface area contributed by atoms with Crippen molar-refractivity contribution >= 4 is 35.8 Å². The summed E-state index contributed by atoms with van der Waals surface area (Å²) in [5.74, 6) is 0.383. The molecule has 6 heteroatoms. The minimum absolute atomic E-state index is 0.155. The molecule has 2 rings (SSSR count). The lowest BCUT2D eigenvalue weighted by Crippen LogP contribution is -2.31. The molecule has 0 atom stereocenters. The summed E-state index contributed by atoms with van der Waals surface area (Å²) < 4.78 is 5.56. The zero-order chi connectivity index (χ0) is 13.8. The number of hydrogen-bond acceptors (Lipinski definition) is 3. The maximum absolute atomic E-state index is 9.23. The second-order valence-corrected chi connectivity index (χ2v) is 4.71. The van der Waals surface area contributed by atoms with Gasteiger partial charge in [-0.1, -0.05) is 47.5 Å². The first-order valence-electron chi connectivity index (χ1n) is 5.60. The smallest absolute Gasteiger partial charge is 0.489 e. The second kappa shape index (κ2) is 6.30. The first-order chi connectivity index (χ1) is 9.09. The van der Waals surface area contributed by atoms with Crippen molar-refractivity contribution in [3.8, 4) is 5.75 Å². The van der Waals surface area contributed by atoms with Crippen LogP contribution in [0, 0.1) is 0 Å². The van der Waals surface area contributed by atoms with E-state index in [0.29, 0.717) is 26.8 Å². The first-order valence-corrected chi connectivity index (χ1v) is 6.36. The van der Waals surface area contributed by atoms with Crippen LogP contribution in [0.4, 0.5) is 0 Å². The van der Waals surface area contributed by atoms with Gasteiger partial charge < -0.3 is 14.8 Å². The Balaban J connectivity index is 2.19. The van der Waals surface area contributed by atoms with E-state index in [1.54, 1.807) is 42.5 Å². The van der Waals surface area contributed by atoms with Gasteiger partial charge in [-0.25, -0.2) is 0 Å². The molecule has 2 N–H and O–H groups in total. The summed E-state index contributed by atoms with van der Waals surface area (Å²) in [6.45, 7) is 0.155. The van der Waals surface area contributed by atoms with Gasteiger partial charge in [0.2, 0.25) is 0 Å². The average Bonchev–Trinajstić information content (AvgIpc) is 2.38. The maximum Gasteiger partial charge on any atom is 0.492 e. The van der Waals surface area contributed by atoms with Crippen LogP contribution in [0.3, 0.4) is 0 Å². The van der Waals surface area contributed by atoms with Crippen LogP contribution in [-0.2, 0) is 6.61 Å². The Morgan fingerprint density at radius 2 is 1.58 bits per heavy atom. The summed E-state index contributed by atoms with van der Waals surface area (Å²) in [6.07, 6.45) is 0. The monoisotopic (exact) mass is 296 g/mol. The summed E-state index contributed by atoms with van der Waals surface area (Å²) in [6, 6.07) is 11.9. The van der Waals surface area contributed by atoms with Crippen molar-refractivity contribution in [3.63, 3.8) is 0 Å². The molecule has 0 amide bonds. The predicted molar refractivity (Wildman–Crippen MR) is 77.1 cm³/mol. The molecule has 2 aromatic rings. The largest absolute Gasteiger partial charge is 0.492 e. The third kappa shape index (κ3) is 3.42. The highest BCUT2D eigenvalue weighted by molar-refractivity contribution is 6.59. The van der Waals surface area contributed by atoms with Gasteiger partial charge in [0.05, 0.1) is 0 Å². The molecule has 0 aromatic heterocycles. The predicted octanol–water partition coefficient (Wildman–Crippen LogP) is 2.25. The Morgan fingerprint density at radius 1 is 0.947 bits per heavy atom. The lowest BCUT2D eigenvalue weighted by atomic mass is 9.79. The molecule has 0 unspecified atom stereocenters. The van der Waals surface area contributed by atoms with E-state index >= 15 is 0 Å². The Bertz CT molecular complexity index is 555. The molecule has 0 aliphatic heterocycles. The molecule has 0 spiro atoms. The van der Waals surface area contributed by atoms with Crippen LogP contribution in [0.5, 0.6) is 5.75 Å². The standard InChI is InChI=1S/C13H11BCl2O3/c15-11-5-3-6-12(16)9(11)8-19-13-7-2-1-4-10(13)14(17)18/h1-7,17-18H,8H2. The van der Waals surface area contributed by atoms with Gasteiger partial charge in [-0.3, -0.25) is 0 Å². The van der Waals surface area contributed by atoms with Crippen molar-refractivity contribution in [2.24, 2.45) is 0 Å². The molecule has 0 saturated heterocycles. The van der Waals surface area contributed by atoms with Crippen LogP contribution < -0.4 is 10.2 Å². The number of benzene rings is 2. The molecule has 0 saturated carbocycles. The van der Waals surface area contributed by atoms with Gasteiger partial charge >= 0.3 is 7.12 Å². The van der Waals surface area contributed by atoms with Gasteiger partial charge in [0.1, 0.15) is 12.4 Å². The SMILES string of the molecule is OB(O)c1ccccc1OCc1c(Cl)cccc1Cl. The van der Waals surface area contributed by atoms with Gasteiger partial charge in [0, 0.05) is 21.1 Å². The Morgan fingerprint density at radius 3 is 2.21 bits per heavy atom. The van der Waals surface area contributed by atoms with E-state index in [4.69, 9.17) is 27.9 Å². The molecule has 0 aliphatic rings. The molecule has 2 aromatic carbocycles. The topological polar surface area (TPSA) is 49.7 Å². The van der Waals surface area contributed by atoms with E-state index in [1.807, 2.05) is 0 Å². The highest BCUT2D eigenvalue weighted by atomic mass is 35.5. The number of ether oxygens (including phenoxy) is 1. The fraction of sp³-hybridized carbons (Fsp3) is 0.0769. The molecule has 0 fully saturated rings. The van der Waals surface area contributed by atoms with Crippen LogP contribution >= 0.6 is 23.2 Å². The first kappa shape index (κ1) is 14.2. The van der Waals surface area contributed by atoms with Gasteiger partial charge in [-0.05, 0) is 18.2 Å². The van der Waals surface area contributed by atoms with Gasteiger partial charge in [-0.2, -0.15) is 0 Å². The summed E-state index contributed by atoms with van der Waals surface area (Å²) in [4.78, 5) is 0. The Hall–Kier alpha value is -1.20. The minimum atomic E-state index is -1.59. The molecule has 98 valence electrons. The quantitative estimate of drug-likeness (QED) is 0.851. The van der Waals surface area contributed by atoms with E-state index in [9.17, 15) is 10.0 Å². The molecule has 0 aliphatic carbocycles. The van der Waals surface area contributed by atoms with Crippen LogP contribution in [-0.4, -0.2) is 17.2 Å². The summed E-state index contributed by atoms with van der Waals surface area (Å²) in [5, 5.41) is 19.5.